The van der Waals surface area contributed by atoms with Crippen molar-refractivity contribution in [2.45, 2.75) is 25.3 Å². The molecule has 0 N–H and O–H groups in total. The minimum absolute atomic E-state index is 0.234. The van der Waals surface area contributed by atoms with Gasteiger partial charge in [-0.25, -0.2) is 8.78 Å². The van der Waals surface area contributed by atoms with E-state index in [0.29, 0.717) is 12.6 Å². The SMILES string of the molecule is N#Cc1ccc(N2CCN3CCCCC3C2)c(F)c1F. The van der Waals surface area contributed by atoms with Crippen LogP contribution in [0.25, 0.3) is 0 Å². The van der Waals surface area contributed by atoms with E-state index in [1.807, 2.05) is 4.90 Å². The summed E-state index contributed by atoms with van der Waals surface area (Å²) in [7, 11) is 0. The highest BCUT2D eigenvalue weighted by Gasteiger charge is 2.30. The fraction of sp³-hybridized carbons (Fsp3) is 0.533. The van der Waals surface area contributed by atoms with E-state index in [9.17, 15) is 8.78 Å². The van der Waals surface area contributed by atoms with Crippen LogP contribution in [0.15, 0.2) is 12.1 Å². The molecule has 0 radical (unpaired) electrons. The molecular formula is C15H17F2N3. The Kier molecular flexibility index (Phi) is 3.58. The molecule has 2 aliphatic heterocycles. The van der Waals surface area contributed by atoms with E-state index >= 15 is 0 Å². The Bertz CT molecular complexity index is 553. The number of hydrogen-bond donors (Lipinski definition) is 0. The maximum atomic E-state index is 14.1. The molecule has 0 bridgehead atoms. The second-order valence-corrected chi connectivity index (χ2v) is 5.50. The van der Waals surface area contributed by atoms with Gasteiger partial charge in [0.15, 0.2) is 11.6 Å². The average molecular weight is 277 g/mol. The first-order valence-corrected chi connectivity index (χ1v) is 7.08. The normalized spacial score (nSPS) is 23.2. The van der Waals surface area contributed by atoms with Gasteiger partial charge in [-0.3, -0.25) is 4.90 Å². The molecule has 1 unspecified atom stereocenters. The van der Waals surface area contributed by atoms with Crippen LogP contribution in [0.3, 0.4) is 0 Å². The zero-order valence-corrected chi connectivity index (χ0v) is 11.3. The lowest BCUT2D eigenvalue weighted by Gasteiger charge is -2.44. The van der Waals surface area contributed by atoms with E-state index in [0.717, 1.165) is 26.1 Å². The first kappa shape index (κ1) is 13.3. The van der Waals surface area contributed by atoms with Crippen molar-refractivity contribution in [1.29, 1.82) is 5.26 Å². The minimum atomic E-state index is -1.03. The molecule has 0 amide bonds. The molecule has 2 heterocycles. The van der Waals surface area contributed by atoms with Crippen molar-refractivity contribution in [3.05, 3.63) is 29.3 Å². The topological polar surface area (TPSA) is 30.3 Å². The van der Waals surface area contributed by atoms with Crippen LogP contribution in [0.2, 0.25) is 0 Å². The molecule has 0 aliphatic carbocycles. The molecule has 3 rings (SSSR count). The van der Waals surface area contributed by atoms with Crippen LogP contribution in [-0.4, -0.2) is 37.1 Å². The lowest BCUT2D eigenvalue weighted by Crippen LogP contribution is -2.55. The van der Waals surface area contributed by atoms with Crippen LogP contribution in [0.1, 0.15) is 24.8 Å². The molecule has 0 spiro atoms. The molecule has 0 aromatic heterocycles. The van der Waals surface area contributed by atoms with Gasteiger partial charge in [0.25, 0.3) is 0 Å². The van der Waals surface area contributed by atoms with Crippen molar-refractivity contribution in [2.24, 2.45) is 0 Å². The maximum absolute atomic E-state index is 14.1. The van der Waals surface area contributed by atoms with Crippen LogP contribution in [0.4, 0.5) is 14.5 Å². The quantitative estimate of drug-likeness (QED) is 0.790. The monoisotopic (exact) mass is 277 g/mol. The molecule has 5 heteroatoms. The lowest BCUT2D eigenvalue weighted by atomic mass is 9.99. The van der Waals surface area contributed by atoms with E-state index in [1.165, 1.54) is 25.0 Å². The fourth-order valence-electron chi connectivity index (χ4n) is 3.24. The summed E-state index contributed by atoms with van der Waals surface area (Å²) in [5, 5.41) is 8.72. The van der Waals surface area contributed by atoms with Gasteiger partial charge >= 0.3 is 0 Å². The highest BCUT2D eigenvalue weighted by molar-refractivity contribution is 5.52. The third-order valence-corrected chi connectivity index (χ3v) is 4.36. The molecule has 106 valence electrons. The van der Waals surface area contributed by atoms with Crippen LogP contribution in [-0.2, 0) is 0 Å². The summed E-state index contributed by atoms with van der Waals surface area (Å²) in [5.74, 6) is -1.93. The van der Waals surface area contributed by atoms with Crippen molar-refractivity contribution in [3.8, 4) is 6.07 Å². The average Bonchev–Trinajstić information content (AvgIpc) is 2.49. The summed E-state index contributed by atoms with van der Waals surface area (Å²) in [5.41, 5.74) is 0.0503. The number of piperidine rings is 1. The molecule has 0 saturated carbocycles. The Morgan fingerprint density at radius 3 is 2.75 bits per heavy atom. The van der Waals surface area contributed by atoms with E-state index in [4.69, 9.17) is 5.26 Å². The van der Waals surface area contributed by atoms with Gasteiger partial charge in [-0.15, -0.1) is 0 Å². The summed E-state index contributed by atoms with van der Waals surface area (Å²) in [4.78, 5) is 4.35. The minimum Gasteiger partial charge on any atom is -0.366 e. The van der Waals surface area contributed by atoms with Crippen molar-refractivity contribution in [1.82, 2.24) is 4.90 Å². The highest BCUT2D eigenvalue weighted by atomic mass is 19.2. The van der Waals surface area contributed by atoms with Gasteiger partial charge in [0.2, 0.25) is 0 Å². The Hall–Kier alpha value is -1.67. The number of halogens is 2. The molecule has 2 aliphatic rings. The van der Waals surface area contributed by atoms with Crippen molar-refractivity contribution >= 4 is 5.69 Å². The van der Waals surface area contributed by atoms with Gasteiger partial charge in [-0.05, 0) is 31.5 Å². The van der Waals surface area contributed by atoms with E-state index in [2.05, 4.69) is 4.90 Å². The van der Waals surface area contributed by atoms with Gasteiger partial charge in [0, 0.05) is 25.7 Å². The van der Waals surface area contributed by atoms with E-state index in [-0.39, 0.29) is 11.3 Å². The molecule has 20 heavy (non-hydrogen) atoms. The molecular weight excluding hydrogens is 260 g/mol. The van der Waals surface area contributed by atoms with E-state index in [1.54, 1.807) is 6.07 Å². The second-order valence-electron chi connectivity index (χ2n) is 5.50. The zero-order chi connectivity index (χ0) is 14.1. The zero-order valence-electron chi connectivity index (χ0n) is 11.3. The van der Waals surface area contributed by atoms with Crippen molar-refractivity contribution in [3.63, 3.8) is 0 Å². The number of hydrogen-bond acceptors (Lipinski definition) is 3. The summed E-state index contributed by atoms with van der Waals surface area (Å²) in [6.45, 7) is 3.45. The Morgan fingerprint density at radius 1 is 1.10 bits per heavy atom. The first-order valence-electron chi connectivity index (χ1n) is 7.08. The van der Waals surface area contributed by atoms with E-state index < -0.39 is 11.6 Å². The van der Waals surface area contributed by atoms with Crippen molar-refractivity contribution in [2.75, 3.05) is 31.1 Å². The number of rotatable bonds is 1. The molecule has 1 atom stereocenters. The number of nitriles is 1. The summed E-state index contributed by atoms with van der Waals surface area (Å²) in [6, 6.07) is 5.00. The first-order chi connectivity index (χ1) is 9.70. The number of benzene rings is 1. The summed E-state index contributed by atoms with van der Waals surface area (Å²) >= 11 is 0. The van der Waals surface area contributed by atoms with Gasteiger partial charge in [-0.1, -0.05) is 6.42 Å². The number of anilines is 1. The smallest absolute Gasteiger partial charge is 0.183 e. The summed E-state index contributed by atoms with van der Waals surface area (Å²) < 4.78 is 27.8. The second kappa shape index (κ2) is 5.37. The largest absolute Gasteiger partial charge is 0.366 e. The lowest BCUT2D eigenvalue weighted by molar-refractivity contribution is 0.133. The molecule has 2 fully saturated rings. The van der Waals surface area contributed by atoms with Gasteiger partial charge in [0.1, 0.15) is 6.07 Å². The summed E-state index contributed by atoms with van der Waals surface area (Å²) in [6.07, 6.45) is 3.56. The van der Waals surface area contributed by atoms with Crippen LogP contribution < -0.4 is 4.90 Å². The van der Waals surface area contributed by atoms with Gasteiger partial charge < -0.3 is 4.90 Å². The highest BCUT2D eigenvalue weighted by Crippen LogP contribution is 2.28. The predicted octanol–water partition coefficient (Wildman–Crippen LogP) is 2.51. The standard InChI is InChI=1S/C15H17F2N3/c16-14-11(9-18)4-5-13(15(14)17)20-8-7-19-6-2-1-3-12(19)10-20/h4-5,12H,1-3,6-8,10H2. The number of fused-ring (bicyclic) bond motifs is 1. The Morgan fingerprint density at radius 2 is 1.95 bits per heavy atom. The third kappa shape index (κ3) is 2.25. The molecule has 3 nitrogen and oxygen atoms in total. The Labute approximate surface area is 117 Å². The Balaban J connectivity index is 1.83. The molecule has 1 aromatic carbocycles. The number of nitrogens with zero attached hydrogens (tertiary/aromatic N) is 3. The van der Waals surface area contributed by atoms with Crippen LogP contribution in [0.5, 0.6) is 0 Å². The third-order valence-electron chi connectivity index (χ3n) is 4.36. The van der Waals surface area contributed by atoms with Gasteiger partial charge in [0.05, 0.1) is 11.3 Å². The predicted molar refractivity (Wildman–Crippen MR) is 72.5 cm³/mol. The molecule has 1 aromatic rings. The number of piperazine rings is 1. The van der Waals surface area contributed by atoms with Gasteiger partial charge in [-0.2, -0.15) is 5.26 Å². The molecule has 2 saturated heterocycles. The van der Waals surface area contributed by atoms with Crippen molar-refractivity contribution < 1.29 is 8.78 Å². The maximum Gasteiger partial charge on any atom is 0.183 e. The fourth-order valence-corrected chi connectivity index (χ4v) is 3.24. The van der Waals surface area contributed by atoms with Crippen LogP contribution >= 0.6 is 0 Å². The van der Waals surface area contributed by atoms with Crippen LogP contribution in [0, 0.1) is 23.0 Å².